The Labute approximate surface area is 125 Å². The van der Waals surface area contributed by atoms with Gasteiger partial charge in [0, 0.05) is 19.3 Å². The Morgan fingerprint density at radius 1 is 1.55 bits per heavy atom. The quantitative estimate of drug-likeness (QED) is 0.617. The average molecular weight is 300 g/mol. The monoisotopic (exact) mass is 300 g/mol. The van der Waals surface area contributed by atoms with Crippen LogP contribution < -0.4 is 10.4 Å². The Kier molecular flexibility index (Phi) is 3.06. The van der Waals surface area contributed by atoms with Gasteiger partial charge in [-0.25, -0.2) is 4.79 Å². The molecule has 0 aliphatic carbocycles. The highest BCUT2D eigenvalue weighted by atomic mass is 16.5. The molecule has 0 fully saturated rings. The molecular formula is C12H10N8O2. The standard InChI is InChI=1S/C12H10N8O2/c1-3-8-6-14-16-11(20-12(21)19(2)17-18-20)9(8)7-22-10-4-5-13-15-10/h1,4-6H,7H2,2H3,(H,13,15)/i/hT. The molecule has 0 saturated heterocycles. The van der Waals surface area contributed by atoms with Gasteiger partial charge in [-0.2, -0.15) is 9.78 Å². The van der Waals surface area contributed by atoms with Crippen LogP contribution in [0.1, 0.15) is 11.1 Å². The van der Waals surface area contributed by atoms with Gasteiger partial charge in [0.15, 0.2) is 7.23 Å². The van der Waals surface area contributed by atoms with Gasteiger partial charge in [-0.05, 0) is 10.4 Å². The maximum absolute atomic E-state index is 12.0. The molecular weight excluding hydrogens is 288 g/mol. The maximum atomic E-state index is 12.0. The first-order chi connectivity index (χ1) is 11.1. The molecule has 0 spiro atoms. The second kappa shape index (κ2) is 5.49. The first-order valence-corrected chi connectivity index (χ1v) is 6.08. The van der Waals surface area contributed by atoms with E-state index in [0.29, 0.717) is 11.1 Å². The number of ether oxygens (including phenoxy) is 1. The van der Waals surface area contributed by atoms with Crippen molar-refractivity contribution in [3.05, 3.63) is 40.1 Å². The highest BCUT2D eigenvalue weighted by molar-refractivity contribution is 5.45. The minimum absolute atomic E-state index is 0.0234. The number of aryl methyl sites for hydroxylation is 1. The molecule has 3 heterocycles. The van der Waals surface area contributed by atoms with E-state index in [4.69, 9.17) is 12.6 Å². The fourth-order valence-corrected chi connectivity index (χ4v) is 1.73. The molecule has 110 valence electrons. The van der Waals surface area contributed by atoms with Crippen LogP contribution in [-0.2, 0) is 13.7 Å². The molecule has 0 saturated carbocycles. The van der Waals surface area contributed by atoms with Crippen molar-refractivity contribution in [3.63, 3.8) is 0 Å². The van der Waals surface area contributed by atoms with Crippen molar-refractivity contribution >= 4 is 0 Å². The Morgan fingerprint density at radius 2 is 2.41 bits per heavy atom. The maximum Gasteiger partial charge on any atom is 0.369 e. The van der Waals surface area contributed by atoms with Gasteiger partial charge in [0.2, 0.25) is 5.88 Å². The minimum Gasteiger partial charge on any atom is -0.472 e. The van der Waals surface area contributed by atoms with E-state index < -0.39 is 5.69 Å². The summed E-state index contributed by atoms with van der Waals surface area (Å²) in [5.41, 5.74) is 0.340. The van der Waals surface area contributed by atoms with E-state index >= 15 is 0 Å². The number of nitrogens with one attached hydrogen (secondary N) is 1. The van der Waals surface area contributed by atoms with E-state index in [-0.39, 0.29) is 18.3 Å². The number of tetrazole rings is 1. The molecule has 10 heteroatoms. The number of aromatic nitrogens is 8. The van der Waals surface area contributed by atoms with E-state index in [0.717, 1.165) is 14.5 Å². The number of terminal acetylenes is 1. The summed E-state index contributed by atoms with van der Waals surface area (Å²) in [4.78, 5) is 12.0. The molecule has 0 amide bonds. The first kappa shape index (κ1) is 12.3. The number of hydrogen-bond donors (Lipinski definition) is 1. The molecule has 0 atom stereocenters. The predicted octanol–water partition coefficient (Wildman–Crippen LogP) is -0.961. The van der Waals surface area contributed by atoms with Crippen LogP contribution in [0.4, 0.5) is 0 Å². The Balaban J connectivity index is 2.02. The third-order valence-corrected chi connectivity index (χ3v) is 2.82. The molecule has 0 aromatic carbocycles. The number of rotatable bonds is 4. The molecule has 0 unspecified atom stereocenters. The molecule has 3 aromatic rings. The lowest BCUT2D eigenvalue weighted by molar-refractivity contribution is 0.291. The topological polar surface area (TPSA) is 116 Å². The lowest BCUT2D eigenvalue weighted by Gasteiger charge is -2.08. The molecule has 0 aliphatic heterocycles. The van der Waals surface area contributed by atoms with Crippen LogP contribution in [0.15, 0.2) is 23.3 Å². The Hall–Kier alpha value is -3.48. The summed E-state index contributed by atoms with van der Waals surface area (Å²) in [5, 5.41) is 19.7. The summed E-state index contributed by atoms with van der Waals surface area (Å²) < 4.78 is 14.8. The molecule has 22 heavy (non-hydrogen) atoms. The Bertz CT molecular complexity index is 951. The highest BCUT2D eigenvalue weighted by Gasteiger charge is 2.17. The fraction of sp³-hybridized carbons (Fsp3) is 0.167. The lowest BCUT2D eigenvalue weighted by atomic mass is 10.1. The van der Waals surface area contributed by atoms with Gasteiger partial charge in [0.25, 0.3) is 0 Å². The van der Waals surface area contributed by atoms with Crippen molar-refractivity contribution < 1.29 is 6.15 Å². The average Bonchev–Trinajstić information content (AvgIpc) is 3.11. The van der Waals surface area contributed by atoms with E-state index in [1.807, 2.05) is 0 Å². The van der Waals surface area contributed by atoms with Crippen LogP contribution in [0.2, 0.25) is 1.41 Å². The summed E-state index contributed by atoms with van der Waals surface area (Å²) in [7, 11) is 1.46. The molecule has 0 radical (unpaired) electrons. The van der Waals surface area contributed by atoms with Gasteiger partial charge in [-0.1, -0.05) is 5.92 Å². The van der Waals surface area contributed by atoms with Crippen LogP contribution in [-0.4, -0.2) is 40.2 Å². The number of aromatic amines is 1. The molecule has 0 aliphatic rings. The molecule has 0 bridgehead atoms. The second-order valence-corrected chi connectivity index (χ2v) is 4.16. The number of hydrogen-bond acceptors (Lipinski definition) is 7. The summed E-state index contributed by atoms with van der Waals surface area (Å²) >= 11 is 0. The van der Waals surface area contributed by atoms with Crippen molar-refractivity contribution in [2.45, 2.75) is 6.61 Å². The summed E-state index contributed by atoms with van der Waals surface area (Å²) in [5.74, 6) is 2.82. The molecule has 3 rings (SSSR count). The van der Waals surface area contributed by atoms with Gasteiger partial charge in [0.05, 0.1) is 17.3 Å². The number of H-pyrrole nitrogens is 1. The van der Waals surface area contributed by atoms with Crippen molar-refractivity contribution in [2.24, 2.45) is 7.05 Å². The minimum atomic E-state index is -0.495. The van der Waals surface area contributed by atoms with Crippen molar-refractivity contribution in [2.75, 3.05) is 0 Å². The van der Waals surface area contributed by atoms with Gasteiger partial charge in [-0.3, -0.25) is 5.09 Å². The van der Waals surface area contributed by atoms with Crippen LogP contribution >= 0.6 is 0 Å². The fourth-order valence-electron chi connectivity index (χ4n) is 1.73. The SMILES string of the molecule is [3H]n1ccc(OCc2c(C#C)cnnc2-n2nnn(C)c2=O)n1. The molecule has 3 aromatic heterocycles. The largest absolute Gasteiger partial charge is 0.472 e. The van der Waals surface area contributed by atoms with Gasteiger partial charge in [0.1, 0.15) is 6.61 Å². The summed E-state index contributed by atoms with van der Waals surface area (Å²) in [6.45, 7) is -0.0234. The van der Waals surface area contributed by atoms with E-state index in [2.05, 4.69) is 31.6 Å². The van der Waals surface area contributed by atoms with Crippen LogP contribution in [0.5, 0.6) is 5.88 Å². The van der Waals surface area contributed by atoms with Crippen molar-refractivity contribution in [1.82, 2.24) is 40.2 Å². The normalized spacial score (nSPS) is 11.0. The van der Waals surface area contributed by atoms with E-state index in [1.165, 1.54) is 25.5 Å². The molecule has 10 nitrogen and oxygen atoms in total. The summed E-state index contributed by atoms with van der Waals surface area (Å²) in [6, 6.07) is 1.52. The number of nitrogens with zero attached hydrogens (tertiary/aromatic N) is 7. The van der Waals surface area contributed by atoms with Crippen LogP contribution in [0.3, 0.4) is 0 Å². The third kappa shape index (κ3) is 2.31. The van der Waals surface area contributed by atoms with E-state index in [9.17, 15) is 4.79 Å². The Morgan fingerprint density at radius 3 is 3.05 bits per heavy atom. The highest BCUT2D eigenvalue weighted by Crippen LogP contribution is 2.15. The van der Waals surface area contributed by atoms with Gasteiger partial charge >= 0.3 is 5.69 Å². The smallest absolute Gasteiger partial charge is 0.369 e. The zero-order chi connectivity index (χ0) is 16.4. The van der Waals surface area contributed by atoms with E-state index in [1.54, 1.807) is 0 Å². The first-order valence-electron chi connectivity index (χ1n) is 6.53. The van der Waals surface area contributed by atoms with Crippen molar-refractivity contribution in [3.8, 4) is 24.0 Å². The van der Waals surface area contributed by atoms with Gasteiger partial charge < -0.3 is 4.74 Å². The zero-order valence-electron chi connectivity index (χ0n) is 12.4. The van der Waals surface area contributed by atoms with Gasteiger partial charge in [-0.15, -0.1) is 21.3 Å². The molecule has 1 N–H and O–H groups in total. The zero-order valence-corrected chi connectivity index (χ0v) is 11.4. The third-order valence-electron chi connectivity index (χ3n) is 2.82. The second-order valence-electron chi connectivity index (χ2n) is 4.16. The van der Waals surface area contributed by atoms with Crippen LogP contribution in [0.25, 0.3) is 5.82 Å². The lowest BCUT2D eigenvalue weighted by Crippen LogP contribution is -2.24. The van der Waals surface area contributed by atoms with Crippen LogP contribution in [0, 0.1) is 12.3 Å². The predicted molar refractivity (Wildman–Crippen MR) is 73.0 cm³/mol. The van der Waals surface area contributed by atoms with Crippen molar-refractivity contribution in [1.29, 1.82) is 0 Å². The summed E-state index contributed by atoms with van der Waals surface area (Å²) in [6.07, 6.45) is 8.26.